The summed E-state index contributed by atoms with van der Waals surface area (Å²) >= 11 is 12.6. The molecule has 36 heavy (non-hydrogen) atoms. The first-order valence-electron chi connectivity index (χ1n) is 11.0. The average Bonchev–Trinajstić information content (AvgIpc) is 2.82. The van der Waals surface area contributed by atoms with E-state index in [0.29, 0.717) is 58.3 Å². The third-order valence-corrected chi connectivity index (χ3v) is 6.05. The minimum atomic E-state index is -0.342. The van der Waals surface area contributed by atoms with Gasteiger partial charge in [0.15, 0.2) is 5.82 Å². The van der Waals surface area contributed by atoms with Crippen molar-refractivity contribution in [2.45, 2.75) is 0 Å². The Hall–Kier alpha value is -3.35. The van der Waals surface area contributed by atoms with Gasteiger partial charge in [-0.3, -0.25) is 14.9 Å². The highest BCUT2D eigenvalue weighted by Crippen LogP contribution is 2.37. The van der Waals surface area contributed by atoms with Gasteiger partial charge < -0.3 is 31.1 Å². The number of carbonyl (C=O) groups excluding carboxylic acids is 1. The minimum Gasteiger partial charge on any atom is -0.733 e. The number of piperazine rings is 1. The fourth-order valence-electron chi connectivity index (χ4n) is 3.72. The molecule has 3 aromatic rings. The number of ether oxygens (including phenoxy) is 1. The molecule has 0 unspecified atom stereocenters. The van der Waals surface area contributed by atoms with Crippen LogP contribution in [0.2, 0.25) is 10.0 Å². The Morgan fingerprint density at radius 3 is 2.69 bits per heavy atom. The molecule has 0 spiro atoms. The van der Waals surface area contributed by atoms with Crippen LogP contribution in [0.3, 0.4) is 0 Å². The number of benzene rings is 1. The first-order chi connectivity index (χ1) is 17.2. The van der Waals surface area contributed by atoms with Gasteiger partial charge in [0.05, 0.1) is 35.2 Å². The van der Waals surface area contributed by atoms with Crippen molar-refractivity contribution in [3.8, 4) is 17.1 Å². The van der Waals surface area contributed by atoms with E-state index in [1.807, 2.05) is 11.9 Å². The maximum absolute atomic E-state index is 12.8. The molecule has 4 rings (SSSR count). The van der Waals surface area contributed by atoms with Crippen LogP contribution in [0.1, 0.15) is 0 Å². The summed E-state index contributed by atoms with van der Waals surface area (Å²) in [5.41, 5.74) is 7.29. The average molecular weight is 533 g/mol. The van der Waals surface area contributed by atoms with Gasteiger partial charge in [0.1, 0.15) is 12.4 Å². The number of nitrogens with one attached hydrogen (secondary N) is 1. The lowest BCUT2D eigenvalue weighted by Crippen LogP contribution is -2.49. The molecule has 0 atom stereocenters. The number of amides is 1. The van der Waals surface area contributed by atoms with E-state index in [-0.39, 0.29) is 29.2 Å². The Kier molecular flexibility index (Phi) is 7.97. The number of nitrogens with two attached hydrogens (primary N) is 1. The molecular formula is C23H24Cl2N7O4-. The predicted molar refractivity (Wildman–Crippen MR) is 140 cm³/mol. The van der Waals surface area contributed by atoms with Crippen molar-refractivity contribution in [3.05, 3.63) is 57.7 Å². The molecule has 0 aliphatic carbocycles. The highest BCUT2D eigenvalue weighted by atomic mass is 35.5. The molecule has 4 N–H and O–H groups in total. The van der Waals surface area contributed by atoms with Crippen molar-refractivity contribution in [1.82, 2.24) is 14.9 Å². The summed E-state index contributed by atoms with van der Waals surface area (Å²) in [6, 6.07) is 11.4. The SMILES string of the molecule is CN1CCN(c2ccc(OCCNc3ccc(N([O-])O)c(N)n3)nc2-c2ccc(Cl)cc2Cl)C(=O)C1. The Bertz CT molecular complexity index is 1260. The quantitative estimate of drug-likeness (QED) is 0.291. The molecule has 13 heteroatoms. The lowest BCUT2D eigenvalue weighted by atomic mass is 10.1. The summed E-state index contributed by atoms with van der Waals surface area (Å²) in [5.74, 6) is 0.605. The third-order valence-electron chi connectivity index (χ3n) is 5.50. The van der Waals surface area contributed by atoms with Crippen molar-refractivity contribution in [2.75, 3.05) is 61.0 Å². The Morgan fingerprint density at radius 1 is 1.19 bits per heavy atom. The van der Waals surface area contributed by atoms with Gasteiger partial charge in [0.2, 0.25) is 11.8 Å². The van der Waals surface area contributed by atoms with Crippen LogP contribution in [0, 0.1) is 5.21 Å². The van der Waals surface area contributed by atoms with E-state index in [0.717, 1.165) is 6.54 Å². The highest BCUT2D eigenvalue weighted by Gasteiger charge is 2.26. The first kappa shape index (κ1) is 25.7. The maximum Gasteiger partial charge on any atom is 0.241 e. The normalized spacial score (nSPS) is 14.1. The topological polar surface area (TPSA) is 143 Å². The van der Waals surface area contributed by atoms with Gasteiger partial charge in [0.25, 0.3) is 0 Å². The van der Waals surface area contributed by atoms with E-state index in [2.05, 4.69) is 15.3 Å². The van der Waals surface area contributed by atoms with Crippen LogP contribution in [0.25, 0.3) is 11.3 Å². The summed E-state index contributed by atoms with van der Waals surface area (Å²) in [6.07, 6.45) is 0. The standard InChI is InChI=1S/C23H24Cl2N7O4/c1-30-9-10-31(21(33)13-30)17-5-7-20(29-22(17)15-3-2-14(24)12-16(15)25)36-11-8-27-19-6-4-18(32(34)35)23(26)28-19/h2-7,12,34H,8-11,13H2,1H3,(H3,26,27,28)/q-1. The summed E-state index contributed by atoms with van der Waals surface area (Å²) in [5, 5.41) is 23.5. The third kappa shape index (κ3) is 5.89. The fourth-order valence-corrected chi connectivity index (χ4v) is 4.22. The molecule has 3 heterocycles. The van der Waals surface area contributed by atoms with Gasteiger partial charge in [-0.1, -0.05) is 23.2 Å². The molecule has 1 fully saturated rings. The summed E-state index contributed by atoms with van der Waals surface area (Å²) in [7, 11) is 1.90. The van der Waals surface area contributed by atoms with Crippen molar-refractivity contribution in [2.24, 2.45) is 0 Å². The summed E-state index contributed by atoms with van der Waals surface area (Å²) in [4.78, 5) is 25.1. The molecule has 2 aromatic heterocycles. The largest absolute Gasteiger partial charge is 0.733 e. The number of nitrogens with zero attached hydrogens (tertiary/aromatic N) is 5. The van der Waals surface area contributed by atoms with E-state index in [1.54, 1.807) is 35.2 Å². The Morgan fingerprint density at radius 2 is 2.00 bits per heavy atom. The van der Waals surface area contributed by atoms with Gasteiger partial charge in [-0.05, 0) is 43.4 Å². The van der Waals surface area contributed by atoms with Crippen LogP contribution in [-0.4, -0.2) is 65.8 Å². The van der Waals surface area contributed by atoms with Crippen LogP contribution < -0.4 is 25.9 Å². The van der Waals surface area contributed by atoms with Crippen LogP contribution in [0.5, 0.6) is 5.88 Å². The van der Waals surface area contributed by atoms with E-state index in [4.69, 9.17) is 38.9 Å². The molecule has 0 saturated carbocycles. The lowest BCUT2D eigenvalue weighted by Gasteiger charge is -2.33. The maximum atomic E-state index is 12.8. The lowest BCUT2D eigenvalue weighted by molar-refractivity contribution is -0.120. The molecule has 0 radical (unpaired) electrons. The number of nitrogen functional groups attached to an aromatic ring is 1. The van der Waals surface area contributed by atoms with Crippen LogP contribution in [-0.2, 0) is 4.79 Å². The smallest absolute Gasteiger partial charge is 0.241 e. The molecule has 1 aliphatic rings. The molecule has 1 saturated heterocycles. The number of aromatic nitrogens is 2. The molecule has 1 aliphatic heterocycles. The van der Waals surface area contributed by atoms with E-state index < -0.39 is 0 Å². The van der Waals surface area contributed by atoms with Crippen LogP contribution in [0.4, 0.5) is 23.0 Å². The Labute approximate surface area is 217 Å². The fraction of sp³-hybridized carbons (Fsp3) is 0.261. The van der Waals surface area contributed by atoms with Crippen LogP contribution >= 0.6 is 23.2 Å². The molecule has 0 bridgehead atoms. The van der Waals surface area contributed by atoms with Crippen molar-refractivity contribution < 1.29 is 14.7 Å². The molecule has 1 aromatic carbocycles. The molecule has 1 amide bonds. The Balaban J connectivity index is 1.51. The number of hydrogen-bond donors (Lipinski definition) is 3. The highest BCUT2D eigenvalue weighted by molar-refractivity contribution is 6.36. The van der Waals surface area contributed by atoms with E-state index >= 15 is 0 Å². The van der Waals surface area contributed by atoms with Gasteiger partial charge >= 0.3 is 0 Å². The molecule has 11 nitrogen and oxygen atoms in total. The van der Waals surface area contributed by atoms with Crippen LogP contribution in [0.15, 0.2) is 42.5 Å². The zero-order chi connectivity index (χ0) is 25.8. The molecule has 190 valence electrons. The number of hydrogen-bond acceptors (Lipinski definition) is 10. The van der Waals surface area contributed by atoms with Gasteiger partial charge in [-0.15, -0.1) is 0 Å². The predicted octanol–water partition coefficient (Wildman–Crippen LogP) is 3.50. The minimum absolute atomic E-state index is 0.0335. The second-order valence-electron chi connectivity index (χ2n) is 8.07. The van der Waals surface area contributed by atoms with Gasteiger partial charge in [-0.25, -0.2) is 9.97 Å². The zero-order valence-electron chi connectivity index (χ0n) is 19.3. The van der Waals surface area contributed by atoms with Crippen molar-refractivity contribution >= 4 is 52.1 Å². The molecular weight excluding hydrogens is 509 g/mol. The monoisotopic (exact) mass is 532 g/mol. The van der Waals surface area contributed by atoms with E-state index in [9.17, 15) is 10.0 Å². The summed E-state index contributed by atoms with van der Waals surface area (Å²) in [6.45, 7) is 2.14. The van der Waals surface area contributed by atoms with Gasteiger partial charge in [-0.2, -0.15) is 0 Å². The second-order valence-corrected chi connectivity index (χ2v) is 8.92. The van der Waals surface area contributed by atoms with Gasteiger partial charge in [0, 0.05) is 29.7 Å². The number of pyridine rings is 2. The first-order valence-corrected chi connectivity index (χ1v) is 11.7. The van der Waals surface area contributed by atoms with E-state index in [1.165, 1.54) is 12.1 Å². The van der Waals surface area contributed by atoms with Crippen molar-refractivity contribution in [1.29, 1.82) is 0 Å². The number of anilines is 4. The van der Waals surface area contributed by atoms with Crippen molar-refractivity contribution in [3.63, 3.8) is 0 Å². The number of carbonyl (C=O) groups is 1. The number of rotatable bonds is 8. The second kappa shape index (κ2) is 11.1. The zero-order valence-corrected chi connectivity index (χ0v) is 20.8. The summed E-state index contributed by atoms with van der Waals surface area (Å²) < 4.78 is 5.82. The number of halogens is 2. The number of likely N-dealkylation sites (N-methyl/N-ethyl adjacent to an activating group) is 1.